The summed E-state index contributed by atoms with van der Waals surface area (Å²) in [5, 5.41) is 9.18. The highest BCUT2D eigenvalue weighted by atomic mass is 79.9. The Labute approximate surface area is 144 Å². The van der Waals surface area contributed by atoms with Crippen molar-refractivity contribution in [3.05, 3.63) is 28.2 Å². The smallest absolute Gasteiger partial charge is 0.308 e. The molecule has 126 valence electrons. The lowest BCUT2D eigenvalue weighted by Crippen LogP contribution is -2.51. The van der Waals surface area contributed by atoms with Crippen molar-refractivity contribution in [1.82, 2.24) is 4.90 Å². The summed E-state index contributed by atoms with van der Waals surface area (Å²) in [6, 6.07) is 5.70. The maximum atomic E-state index is 12.7. The fourth-order valence-electron chi connectivity index (χ4n) is 2.79. The first kappa shape index (κ1) is 17.8. The lowest BCUT2D eigenvalue weighted by atomic mass is 9.93. The highest BCUT2D eigenvalue weighted by Crippen LogP contribution is 2.28. The maximum Gasteiger partial charge on any atom is 0.308 e. The third kappa shape index (κ3) is 4.25. The molecule has 1 amide bonds. The van der Waals surface area contributed by atoms with E-state index in [0.717, 1.165) is 10.0 Å². The summed E-state index contributed by atoms with van der Waals surface area (Å²) >= 11 is 3.43. The van der Waals surface area contributed by atoms with Crippen molar-refractivity contribution in [2.75, 3.05) is 6.54 Å². The first-order chi connectivity index (χ1) is 10.8. The van der Waals surface area contributed by atoms with Crippen LogP contribution in [0.3, 0.4) is 0 Å². The molecule has 0 aliphatic carbocycles. The van der Waals surface area contributed by atoms with Gasteiger partial charge in [-0.05, 0) is 67.2 Å². The van der Waals surface area contributed by atoms with E-state index in [4.69, 9.17) is 4.74 Å². The van der Waals surface area contributed by atoms with Gasteiger partial charge in [0.2, 0.25) is 0 Å². The molecular formula is C17H22BrNO4. The van der Waals surface area contributed by atoms with E-state index >= 15 is 0 Å². The van der Waals surface area contributed by atoms with E-state index in [2.05, 4.69) is 15.9 Å². The van der Waals surface area contributed by atoms with Crippen molar-refractivity contribution in [3.63, 3.8) is 0 Å². The van der Waals surface area contributed by atoms with Gasteiger partial charge in [-0.2, -0.15) is 0 Å². The van der Waals surface area contributed by atoms with E-state index in [1.54, 1.807) is 11.8 Å². The second-order valence-corrected chi connectivity index (χ2v) is 7.00. The van der Waals surface area contributed by atoms with Crippen LogP contribution in [0.1, 0.15) is 32.3 Å². The van der Waals surface area contributed by atoms with E-state index < -0.39 is 18.0 Å². The molecule has 1 N–H and O–H groups in total. The zero-order chi connectivity index (χ0) is 17.1. The molecule has 0 radical (unpaired) electrons. The molecule has 0 saturated carbocycles. The Morgan fingerprint density at radius 1 is 1.39 bits per heavy atom. The highest BCUT2D eigenvalue weighted by Gasteiger charge is 2.35. The van der Waals surface area contributed by atoms with E-state index in [9.17, 15) is 14.7 Å². The Bertz CT molecular complexity index is 604. The van der Waals surface area contributed by atoms with Crippen LogP contribution in [-0.2, 0) is 9.59 Å². The van der Waals surface area contributed by atoms with Gasteiger partial charge >= 0.3 is 5.97 Å². The van der Waals surface area contributed by atoms with Crippen molar-refractivity contribution >= 4 is 27.8 Å². The van der Waals surface area contributed by atoms with E-state index in [0.29, 0.717) is 18.6 Å². The van der Waals surface area contributed by atoms with Gasteiger partial charge in [-0.25, -0.2) is 0 Å². The molecule has 6 heteroatoms. The number of hydrogen-bond acceptors (Lipinski definition) is 3. The Hall–Kier alpha value is -1.56. The second-order valence-electron chi connectivity index (χ2n) is 6.15. The van der Waals surface area contributed by atoms with Gasteiger partial charge in [0.05, 0.1) is 10.4 Å². The Balaban J connectivity index is 2.07. The number of carboxylic acid groups (broad SMARTS) is 1. The largest absolute Gasteiger partial charge is 0.481 e. The molecule has 0 bridgehead atoms. The third-order valence-corrected chi connectivity index (χ3v) is 4.87. The number of benzene rings is 1. The van der Waals surface area contributed by atoms with Gasteiger partial charge in [-0.15, -0.1) is 0 Å². The van der Waals surface area contributed by atoms with Crippen LogP contribution >= 0.6 is 15.9 Å². The fraction of sp³-hybridized carbons (Fsp3) is 0.529. The zero-order valence-corrected chi connectivity index (χ0v) is 15.2. The van der Waals surface area contributed by atoms with Gasteiger partial charge in [-0.1, -0.05) is 6.07 Å². The molecule has 1 fully saturated rings. The molecule has 3 atom stereocenters. The number of piperidine rings is 1. The number of likely N-dealkylation sites (tertiary alicyclic amines) is 1. The van der Waals surface area contributed by atoms with Gasteiger partial charge < -0.3 is 14.7 Å². The number of rotatable bonds is 4. The molecule has 1 aromatic rings. The van der Waals surface area contributed by atoms with E-state index in [-0.39, 0.29) is 18.5 Å². The number of aliphatic carboxylic acids is 1. The summed E-state index contributed by atoms with van der Waals surface area (Å²) in [6.45, 7) is 5.87. The van der Waals surface area contributed by atoms with Gasteiger partial charge in [0.25, 0.3) is 5.91 Å². The number of hydrogen-bond donors (Lipinski definition) is 1. The van der Waals surface area contributed by atoms with Crippen LogP contribution in [0.25, 0.3) is 0 Å². The predicted molar refractivity (Wildman–Crippen MR) is 90.5 cm³/mol. The summed E-state index contributed by atoms with van der Waals surface area (Å²) in [4.78, 5) is 25.5. The van der Waals surface area contributed by atoms with Gasteiger partial charge in [0.1, 0.15) is 5.75 Å². The standard InChI is InChI=1S/C17H22BrNO4/c1-10-4-7-15(14(18)8-10)23-12(3)16(20)19-9-13(17(21)22)6-5-11(19)2/h4,7-8,11-13H,5-6,9H2,1-3H3,(H,21,22). The molecule has 3 unspecified atom stereocenters. The molecular weight excluding hydrogens is 362 g/mol. The van der Waals surface area contributed by atoms with Crippen LogP contribution < -0.4 is 4.74 Å². The van der Waals surface area contributed by atoms with Crippen LogP contribution in [0.5, 0.6) is 5.75 Å². The predicted octanol–water partition coefficient (Wildman–Crippen LogP) is 3.24. The van der Waals surface area contributed by atoms with Crippen LogP contribution in [0.4, 0.5) is 0 Å². The fourth-order valence-corrected chi connectivity index (χ4v) is 3.38. The molecule has 0 spiro atoms. The van der Waals surface area contributed by atoms with Crippen LogP contribution in [-0.4, -0.2) is 40.6 Å². The summed E-state index contributed by atoms with van der Waals surface area (Å²) < 4.78 is 6.57. The second kappa shape index (κ2) is 7.34. The maximum absolute atomic E-state index is 12.7. The Morgan fingerprint density at radius 2 is 2.09 bits per heavy atom. The number of ether oxygens (including phenoxy) is 1. The molecule has 2 rings (SSSR count). The van der Waals surface area contributed by atoms with Crippen LogP contribution in [0.2, 0.25) is 0 Å². The van der Waals surface area contributed by atoms with Crippen molar-refractivity contribution in [1.29, 1.82) is 0 Å². The number of amides is 1. The molecule has 0 aromatic heterocycles. The minimum Gasteiger partial charge on any atom is -0.481 e. The Morgan fingerprint density at radius 3 is 2.70 bits per heavy atom. The molecule has 23 heavy (non-hydrogen) atoms. The van der Waals surface area contributed by atoms with E-state index in [1.807, 2.05) is 32.0 Å². The minimum absolute atomic E-state index is 0.0330. The SMILES string of the molecule is Cc1ccc(OC(C)C(=O)N2CC(C(=O)O)CCC2C)c(Br)c1. The average Bonchev–Trinajstić information content (AvgIpc) is 2.49. The van der Waals surface area contributed by atoms with Crippen LogP contribution in [0.15, 0.2) is 22.7 Å². The zero-order valence-electron chi connectivity index (χ0n) is 13.6. The number of carbonyl (C=O) groups is 2. The molecule has 1 aliphatic rings. The lowest BCUT2D eigenvalue weighted by Gasteiger charge is -2.37. The first-order valence-electron chi connectivity index (χ1n) is 7.75. The van der Waals surface area contributed by atoms with Gasteiger partial charge in [0.15, 0.2) is 6.10 Å². The summed E-state index contributed by atoms with van der Waals surface area (Å²) in [5.41, 5.74) is 1.09. The van der Waals surface area contributed by atoms with Crippen molar-refractivity contribution in [2.24, 2.45) is 5.92 Å². The third-order valence-electron chi connectivity index (χ3n) is 4.25. The normalized spacial score (nSPS) is 22.5. The molecule has 1 heterocycles. The van der Waals surface area contributed by atoms with E-state index in [1.165, 1.54) is 0 Å². The van der Waals surface area contributed by atoms with Crippen LogP contribution in [0, 0.1) is 12.8 Å². The number of nitrogens with zero attached hydrogens (tertiary/aromatic N) is 1. The molecule has 5 nitrogen and oxygen atoms in total. The van der Waals surface area contributed by atoms with Crippen molar-refractivity contribution < 1.29 is 19.4 Å². The molecule has 1 aromatic carbocycles. The number of carbonyl (C=O) groups excluding carboxylic acids is 1. The number of halogens is 1. The van der Waals surface area contributed by atoms with Gasteiger partial charge in [0, 0.05) is 12.6 Å². The minimum atomic E-state index is -0.843. The summed E-state index contributed by atoms with van der Waals surface area (Å²) in [7, 11) is 0. The average molecular weight is 384 g/mol. The Kier molecular flexibility index (Phi) is 5.68. The highest BCUT2D eigenvalue weighted by molar-refractivity contribution is 9.10. The number of aryl methyl sites for hydroxylation is 1. The molecule has 1 saturated heterocycles. The lowest BCUT2D eigenvalue weighted by molar-refractivity contribution is -0.149. The van der Waals surface area contributed by atoms with Crippen molar-refractivity contribution in [2.45, 2.75) is 45.8 Å². The number of carboxylic acids is 1. The summed E-state index contributed by atoms with van der Waals surface area (Å²) in [5.74, 6) is -0.898. The quantitative estimate of drug-likeness (QED) is 0.866. The van der Waals surface area contributed by atoms with Gasteiger partial charge in [-0.3, -0.25) is 9.59 Å². The summed E-state index contributed by atoms with van der Waals surface area (Å²) in [6.07, 6.45) is 0.645. The first-order valence-corrected chi connectivity index (χ1v) is 8.55. The van der Waals surface area contributed by atoms with Crippen molar-refractivity contribution in [3.8, 4) is 5.75 Å². The molecule has 1 aliphatic heterocycles. The topological polar surface area (TPSA) is 66.8 Å². The monoisotopic (exact) mass is 383 g/mol.